The van der Waals surface area contributed by atoms with Gasteiger partial charge in [0.15, 0.2) is 0 Å². The molecule has 1 aromatic rings. The van der Waals surface area contributed by atoms with Gasteiger partial charge in [0.25, 0.3) is 0 Å². The zero-order chi connectivity index (χ0) is 14.1. The van der Waals surface area contributed by atoms with E-state index in [0.717, 1.165) is 31.5 Å². The minimum absolute atomic E-state index is 0.117. The third-order valence-electron chi connectivity index (χ3n) is 2.90. The van der Waals surface area contributed by atoms with Crippen LogP contribution >= 0.6 is 11.8 Å². The fourth-order valence-electron chi connectivity index (χ4n) is 1.87. The molecule has 106 valence electrons. The van der Waals surface area contributed by atoms with E-state index in [1.165, 1.54) is 4.90 Å². The van der Waals surface area contributed by atoms with Crippen LogP contribution in [-0.2, 0) is 11.2 Å². The van der Waals surface area contributed by atoms with E-state index in [4.69, 9.17) is 0 Å². The van der Waals surface area contributed by atoms with E-state index in [9.17, 15) is 4.79 Å². The average Bonchev–Trinajstić information content (AvgIpc) is 2.38. The summed E-state index contributed by atoms with van der Waals surface area (Å²) in [6.07, 6.45) is 4.67. The Kier molecular flexibility index (Phi) is 7.60. The first kappa shape index (κ1) is 16.1. The molecule has 0 fully saturated rings. The first-order valence-electron chi connectivity index (χ1n) is 6.67. The lowest BCUT2D eigenvalue weighted by Gasteiger charge is -2.10. The van der Waals surface area contributed by atoms with Crippen LogP contribution in [-0.4, -0.2) is 44.2 Å². The predicted octanol–water partition coefficient (Wildman–Crippen LogP) is 2.41. The van der Waals surface area contributed by atoms with Gasteiger partial charge in [0.05, 0.1) is 6.42 Å². The summed E-state index contributed by atoms with van der Waals surface area (Å²) in [5.41, 5.74) is 1.11. The van der Waals surface area contributed by atoms with Crippen LogP contribution in [0, 0.1) is 0 Å². The average molecular weight is 280 g/mol. The van der Waals surface area contributed by atoms with Crippen molar-refractivity contribution in [2.75, 3.05) is 33.4 Å². The molecule has 0 aliphatic carbocycles. The van der Waals surface area contributed by atoms with Crippen LogP contribution in [0.25, 0.3) is 0 Å². The maximum Gasteiger partial charge on any atom is 0.224 e. The molecule has 0 atom stereocenters. The molecule has 1 rings (SSSR count). The SMILES string of the molecule is CSc1ccccc1CC(=O)NCCCCN(C)C. The number of rotatable bonds is 8. The van der Waals surface area contributed by atoms with Crippen molar-refractivity contribution >= 4 is 17.7 Å². The zero-order valence-corrected chi connectivity index (χ0v) is 12.9. The first-order valence-corrected chi connectivity index (χ1v) is 7.89. The summed E-state index contributed by atoms with van der Waals surface area (Å²) >= 11 is 1.69. The monoisotopic (exact) mass is 280 g/mol. The fraction of sp³-hybridized carbons (Fsp3) is 0.533. The lowest BCUT2D eigenvalue weighted by atomic mass is 10.1. The van der Waals surface area contributed by atoms with Gasteiger partial charge in [-0.25, -0.2) is 0 Å². The van der Waals surface area contributed by atoms with Crippen molar-refractivity contribution in [2.24, 2.45) is 0 Å². The van der Waals surface area contributed by atoms with E-state index >= 15 is 0 Å². The molecule has 0 saturated carbocycles. The van der Waals surface area contributed by atoms with Gasteiger partial charge >= 0.3 is 0 Å². The van der Waals surface area contributed by atoms with Crippen LogP contribution in [0.15, 0.2) is 29.2 Å². The summed E-state index contributed by atoms with van der Waals surface area (Å²) in [6, 6.07) is 8.08. The maximum atomic E-state index is 11.8. The Morgan fingerprint density at radius 2 is 2.00 bits per heavy atom. The Balaban J connectivity index is 2.27. The van der Waals surface area contributed by atoms with E-state index in [0.29, 0.717) is 6.42 Å². The predicted molar refractivity (Wildman–Crippen MR) is 82.7 cm³/mol. The smallest absolute Gasteiger partial charge is 0.224 e. The van der Waals surface area contributed by atoms with Gasteiger partial charge in [-0.1, -0.05) is 18.2 Å². The van der Waals surface area contributed by atoms with Gasteiger partial charge in [-0.15, -0.1) is 11.8 Å². The Labute approximate surface area is 120 Å². The second-order valence-corrected chi connectivity index (χ2v) is 5.70. The van der Waals surface area contributed by atoms with Crippen molar-refractivity contribution in [3.05, 3.63) is 29.8 Å². The fourth-order valence-corrected chi connectivity index (χ4v) is 2.48. The van der Waals surface area contributed by atoms with Crippen LogP contribution in [0.1, 0.15) is 18.4 Å². The third kappa shape index (κ3) is 6.64. The van der Waals surface area contributed by atoms with Crippen molar-refractivity contribution in [2.45, 2.75) is 24.2 Å². The highest BCUT2D eigenvalue weighted by Gasteiger charge is 2.06. The van der Waals surface area contributed by atoms with Gasteiger partial charge in [-0.05, 0) is 51.4 Å². The van der Waals surface area contributed by atoms with E-state index in [2.05, 4.69) is 30.4 Å². The molecule has 0 unspecified atom stereocenters. The van der Waals surface area contributed by atoms with E-state index < -0.39 is 0 Å². The van der Waals surface area contributed by atoms with Crippen molar-refractivity contribution in [3.8, 4) is 0 Å². The van der Waals surface area contributed by atoms with Gasteiger partial charge in [-0.3, -0.25) is 4.79 Å². The molecule has 0 heterocycles. The lowest BCUT2D eigenvalue weighted by molar-refractivity contribution is -0.120. The first-order chi connectivity index (χ1) is 9.13. The maximum absolute atomic E-state index is 11.8. The number of amides is 1. The Morgan fingerprint density at radius 3 is 2.68 bits per heavy atom. The number of hydrogen-bond acceptors (Lipinski definition) is 3. The molecule has 4 heteroatoms. The van der Waals surface area contributed by atoms with Gasteiger partial charge in [0.1, 0.15) is 0 Å². The number of carbonyl (C=O) groups excluding carboxylic acids is 1. The van der Waals surface area contributed by atoms with E-state index in [-0.39, 0.29) is 5.91 Å². The summed E-state index contributed by atoms with van der Waals surface area (Å²) in [5, 5.41) is 2.99. The molecule has 0 radical (unpaired) electrons. The number of nitrogens with zero attached hydrogens (tertiary/aromatic N) is 1. The molecular weight excluding hydrogens is 256 g/mol. The van der Waals surface area contributed by atoms with Crippen molar-refractivity contribution in [1.29, 1.82) is 0 Å². The zero-order valence-electron chi connectivity index (χ0n) is 12.1. The van der Waals surface area contributed by atoms with Crippen molar-refractivity contribution < 1.29 is 4.79 Å². The number of nitrogens with one attached hydrogen (secondary N) is 1. The molecule has 1 amide bonds. The minimum atomic E-state index is 0.117. The number of benzene rings is 1. The van der Waals surface area contributed by atoms with Crippen molar-refractivity contribution in [3.63, 3.8) is 0 Å². The molecule has 3 nitrogen and oxygen atoms in total. The molecule has 0 spiro atoms. The van der Waals surface area contributed by atoms with Gasteiger partial charge < -0.3 is 10.2 Å². The molecule has 19 heavy (non-hydrogen) atoms. The molecule has 0 aliphatic heterocycles. The van der Waals surface area contributed by atoms with Gasteiger partial charge in [0, 0.05) is 11.4 Å². The topological polar surface area (TPSA) is 32.3 Å². The Morgan fingerprint density at radius 1 is 1.26 bits per heavy atom. The van der Waals surface area contributed by atoms with Gasteiger partial charge in [0.2, 0.25) is 5.91 Å². The molecule has 1 N–H and O–H groups in total. The standard InChI is InChI=1S/C15H24N2OS/c1-17(2)11-7-6-10-16-15(18)12-13-8-4-5-9-14(13)19-3/h4-5,8-9H,6-7,10-12H2,1-3H3,(H,16,18). The summed E-state index contributed by atoms with van der Waals surface area (Å²) in [6.45, 7) is 1.85. The van der Waals surface area contributed by atoms with E-state index in [1.54, 1.807) is 11.8 Å². The number of hydrogen-bond donors (Lipinski definition) is 1. The number of carbonyl (C=O) groups is 1. The van der Waals surface area contributed by atoms with Gasteiger partial charge in [-0.2, -0.15) is 0 Å². The molecule has 0 saturated heterocycles. The molecule has 0 bridgehead atoms. The number of thioether (sulfide) groups is 1. The molecule has 0 aromatic heterocycles. The summed E-state index contributed by atoms with van der Waals surface area (Å²) in [7, 11) is 4.13. The molecular formula is C15H24N2OS. The molecule has 0 aliphatic rings. The quantitative estimate of drug-likeness (QED) is 0.586. The largest absolute Gasteiger partial charge is 0.356 e. The highest BCUT2D eigenvalue weighted by Crippen LogP contribution is 2.20. The molecule has 1 aromatic carbocycles. The lowest BCUT2D eigenvalue weighted by Crippen LogP contribution is -2.27. The van der Waals surface area contributed by atoms with E-state index in [1.807, 2.05) is 24.5 Å². The minimum Gasteiger partial charge on any atom is -0.356 e. The normalized spacial score (nSPS) is 10.7. The second kappa shape index (κ2) is 8.99. The number of unbranched alkanes of at least 4 members (excludes halogenated alkanes) is 1. The second-order valence-electron chi connectivity index (χ2n) is 4.85. The Bertz CT molecular complexity index is 393. The van der Waals surface area contributed by atoms with Crippen LogP contribution in [0.3, 0.4) is 0 Å². The highest BCUT2D eigenvalue weighted by molar-refractivity contribution is 7.98. The summed E-state index contributed by atoms with van der Waals surface area (Å²) in [5.74, 6) is 0.117. The highest BCUT2D eigenvalue weighted by atomic mass is 32.2. The Hall–Kier alpha value is -1.00. The third-order valence-corrected chi connectivity index (χ3v) is 3.74. The van der Waals surface area contributed by atoms with Crippen molar-refractivity contribution in [1.82, 2.24) is 10.2 Å². The summed E-state index contributed by atoms with van der Waals surface area (Å²) in [4.78, 5) is 15.2. The van der Waals surface area contributed by atoms with Crippen LogP contribution < -0.4 is 5.32 Å². The van der Waals surface area contributed by atoms with Crippen LogP contribution in [0.2, 0.25) is 0 Å². The summed E-state index contributed by atoms with van der Waals surface area (Å²) < 4.78 is 0. The van der Waals surface area contributed by atoms with Crippen LogP contribution in [0.5, 0.6) is 0 Å². The van der Waals surface area contributed by atoms with Crippen LogP contribution in [0.4, 0.5) is 0 Å².